The van der Waals surface area contributed by atoms with Gasteiger partial charge in [-0.15, -0.1) is 0 Å². The first-order valence-electron chi connectivity index (χ1n) is 6.79. The Kier molecular flexibility index (Phi) is 6.16. The first-order valence-corrected chi connectivity index (χ1v) is 8.23. The van der Waals surface area contributed by atoms with E-state index < -0.39 is 10.0 Å². The topological polar surface area (TPSA) is 66.5 Å². The van der Waals surface area contributed by atoms with Crippen molar-refractivity contribution >= 4 is 21.6 Å². The minimum atomic E-state index is -3.45. The summed E-state index contributed by atoms with van der Waals surface area (Å²) in [4.78, 5) is 11.2. The zero-order valence-corrected chi connectivity index (χ0v) is 13.0. The standard InChI is InChI=1S/C14H22N2O3S/c1-4-6-11-16(5-2)20(18,19)14-9-7-13(8-10-14)15-12(3)17/h7-10H,4-6,11H2,1-3H3,(H,15,17). The maximum Gasteiger partial charge on any atom is 0.243 e. The van der Waals surface area contributed by atoms with Gasteiger partial charge in [-0.05, 0) is 30.7 Å². The van der Waals surface area contributed by atoms with Gasteiger partial charge in [0.1, 0.15) is 0 Å². The average molecular weight is 298 g/mol. The van der Waals surface area contributed by atoms with Crippen LogP contribution in [0.2, 0.25) is 0 Å². The van der Waals surface area contributed by atoms with Crippen LogP contribution in [0.25, 0.3) is 0 Å². The van der Waals surface area contributed by atoms with Crippen LogP contribution in [-0.4, -0.2) is 31.7 Å². The number of hydrogen-bond acceptors (Lipinski definition) is 3. The second kappa shape index (κ2) is 7.40. The molecule has 112 valence electrons. The van der Waals surface area contributed by atoms with Crippen LogP contribution < -0.4 is 5.32 Å². The Labute approximate surface area is 121 Å². The van der Waals surface area contributed by atoms with Crippen LogP contribution in [0.1, 0.15) is 33.6 Å². The van der Waals surface area contributed by atoms with Gasteiger partial charge in [0.25, 0.3) is 0 Å². The number of sulfonamides is 1. The molecule has 0 fully saturated rings. The lowest BCUT2D eigenvalue weighted by atomic mass is 10.3. The molecule has 0 spiro atoms. The lowest BCUT2D eigenvalue weighted by Crippen LogP contribution is -2.31. The third-order valence-electron chi connectivity index (χ3n) is 2.93. The molecular weight excluding hydrogens is 276 g/mol. The molecule has 0 aromatic heterocycles. The molecular formula is C14H22N2O3S. The summed E-state index contributed by atoms with van der Waals surface area (Å²) in [5.74, 6) is -0.182. The van der Waals surface area contributed by atoms with Gasteiger partial charge < -0.3 is 5.32 Å². The molecule has 0 heterocycles. The summed E-state index contributed by atoms with van der Waals surface area (Å²) < 4.78 is 26.4. The molecule has 5 nitrogen and oxygen atoms in total. The molecule has 0 aliphatic carbocycles. The number of carbonyl (C=O) groups is 1. The molecule has 0 aliphatic heterocycles. The molecule has 20 heavy (non-hydrogen) atoms. The molecule has 1 rings (SSSR count). The van der Waals surface area contributed by atoms with Crippen molar-refractivity contribution in [3.05, 3.63) is 24.3 Å². The molecule has 1 aromatic rings. The number of rotatable bonds is 7. The molecule has 0 unspecified atom stereocenters. The molecule has 1 aromatic carbocycles. The zero-order chi connectivity index (χ0) is 15.2. The molecule has 0 saturated heterocycles. The summed E-state index contributed by atoms with van der Waals surface area (Å²) >= 11 is 0. The smallest absolute Gasteiger partial charge is 0.243 e. The van der Waals surface area contributed by atoms with Crippen molar-refractivity contribution in [3.63, 3.8) is 0 Å². The van der Waals surface area contributed by atoms with E-state index >= 15 is 0 Å². The predicted octanol–water partition coefficient (Wildman–Crippen LogP) is 2.46. The van der Waals surface area contributed by atoms with Gasteiger partial charge in [0, 0.05) is 25.7 Å². The van der Waals surface area contributed by atoms with E-state index in [1.807, 2.05) is 13.8 Å². The summed E-state index contributed by atoms with van der Waals surface area (Å²) in [7, 11) is -3.45. The highest BCUT2D eigenvalue weighted by Crippen LogP contribution is 2.18. The van der Waals surface area contributed by atoms with Gasteiger partial charge in [0.2, 0.25) is 15.9 Å². The van der Waals surface area contributed by atoms with E-state index in [0.29, 0.717) is 18.8 Å². The molecule has 0 bridgehead atoms. The fourth-order valence-corrected chi connectivity index (χ4v) is 3.33. The fraction of sp³-hybridized carbons (Fsp3) is 0.500. The van der Waals surface area contributed by atoms with Crippen LogP contribution in [0.5, 0.6) is 0 Å². The first-order chi connectivity index (χ1) is 9.41. The Bertz CT molecular complexity index is 538. The Morgan fingerprint density at radius 1 is 1.20 bits per heavy atom. The molecule has 0 aliphatic rings. The van der Waals surface area contributed by atoms with Crippen molar-refractivity contribution in [1.29, 1.82) is 0 Å². The summed E-state index contributed by atoms with van der Waals surface area (Å²) in [6.07, 6.45) is 1.80. The summed E-state index contributed by atoms with van der Waals surface area (Å²) in [6, 6.07) is 6.24. The molecule has 6 heteroatoms. The highest BCUT2D eigenvalue weighted by Gasteiger charge is 2.22. The predicted molar refractivity (Wildman–Crippen MR) is 80.1 cm³/mol. The number of carbonyl (C=O) groups excluding carboxylic acids is 1. The van der Waals surface area contributed by atoms with E-state index in [9.17, 15) is 13.2 Å². The Morgan fingerprint density at radius 2 is 1.80 bits per heavy atom. The van der Waals surface area contributed by atoms with Gasteiger partial charge >= 0.3 is 0 Å². The van der Waals surface area contributed by atoms with Gasteiger partial charge in [-0.1, -0.05) is 20.3 Å². The zero-order valence-electron chi connectivity index (χ0n) is 12.2. The number of hydrogen-bond donors (Lipinski definition) is 1. The number of benzene rings is 1. The summed E-state index contributed by atoms with van der Waals surface area (Å²) in [6.45, 7) is 6.26. The van der Waals surface area contributed by atoms with Gasteiger partial charge in [0.05, 0.1) is 4.90 Å². The van der Waals surface area contributed by atoms with Crippen molar-refractivity contribution < 1.29 is 13.2 Å². The van der Waals surface area contributed by atoms with Crippen molar-refractivity contribution in [2.75, 3.05) is 18.4 Å². The minimum absolute atomic E-state index is 0.182. The highest BCUT2D eigenvalue weighted by atomic mass is 32.2. The van der Waals surface area contributed by atoms with Crippen LogP contribution >= 0.6 is 0 Å². The van der Waals surface area contributed by atoms with E-state index in [1.54, 1.807) is 12.1 Å². The van der Waals surface area contributed by atoms with Crippen molar-refractivity contribution in [2.45, 2.75) is 38.5 Å². The second-order valence-electron chi connectivity index (χ2n) is 4.56. The van der Waals surface area contributed by atoms with E-state index in [2.05, 4.69) is 5.32 Å². The number of amides is 1. The van der Waals surface area contributed by atoms with Crippen molar-refractivity contribution in [3.8, 4) is 0 Å². The van der Waals surface area contributed by atoms with E-state index in [4.69, 9.17) is 0 Å². The number of nitrogens with zero attached hydrogens (tertiary/aromatic N) is 1. The number of anilines is 1. The van der Waals surface area contributed by atoms with Crippen molar-refractivity contribution in [2.24, 2.45) is 0 Å². The van der Waals surface area contributed by atoms with E-state index in [0.717, 1.165) is 12.8 Å². The molecule has 1 N–H and O–H groups in total. The van der Waals surface area contributed by atoms with Crippen molar-refractivity contribution in [1.82, 2.24) is 4.31 Å². The Balaban J connectivity index is 2.93. The SMILES string of the molecule is CCCCN(CC)S(=O)(=O)c1ccc(NC(C)=O)cc1. The number of unbranched alkanes of at least 4 members (excludes halogenated alkanes) is 1. The Hall–Kier alpha value is -1.40. The molecule has 0 radical (unpaired) electrons. The van der Waals surface area contributed by atoms with E-state index in [-0.39, 0.29) is 10.8 Å². The van der Waals surface area contributed by atoms with Crippen LogP contribution in [0.4, 0.5) is 5.69 Å². The maximum absolute atomic E-state index is 12.4. The van der Waals surface area contributed by atoms with Gasteiger partial charge in [-0.25, -0.2) is 8.42 Å². The largest absolute Gasteiger partial charge is 0.326 e. The van der Waals surface area contributed by atoms with Crippen LogP contribution in [0.3, 0.4) is 0 Å². The fourth-order valence-electron chi connectivity index (χ4n) is 1.85. The molecule has 0 atom stereocenters. The monoisotopic (exact) mass is 298 g/mol. The number of nitrogens with one attached hydrogen (secondary N) is 1. The van der Waals surface area contributed by atoms with Gasteiger partial charge in [-0.2, -0.15) is 4.31 Å². The molecule has 1 amide bonds. The van der Waals surface area contributed by atoms with E-state index in [1.165, 1.54) is 23.4 Å². The van der Waals surface area contributed by atoms with Crippen LogP contribution in [0, 0.1) is 0 Å². The Morgan fingerprint density at radius 3 is 2.25 bits per heavy atom. The third-order valence-corrected chi connectivity index (χ3v) is 4.91. The second-order valence-corrected chi connectivity index (χ2v) is 6.49. The van der Waals surface area contributed by atoms with Gasteiger partial charge in [-0.3, -0.25) is 4.79 Å². The average Bonchev–Trinajstić information content (AvgIpc) is 2.39. The molecule has 0 saturated carbocycles. The lowest BCUT2D eigenvalue weighted by molar-refractivity contribution is -0.114. The maximum atomic E-state index is 12.4. The highest BCUT2D eigenvalue weighted by molar-refractivity contribution is 7.89. The first kappa shape index (κ1) is 16.7. The van der Waals surface area contributed by atoms with Crippen LogP contribution in [-0.2, 0) is 14.8 Å². The third kappa shape index (κ3) is 4.31. The summed E-state index contributed by atoms with van der Waals surface area (Å²) in [5.41, 5.74) is 0.591. The van der Waals surface area contributed by atoms with Crippen LogP contribution in [0.15, 0.2) is 29.2 Å². The van der Waals surface area contributed by atoms with Gasteiger partial charge in [0.15, 0.2) is 0 Å². The summed E-state index contributed by atoms with van der Waals surface area (Å²) in [5, 5.41) is 2.61. The normalized spacial score (nSPS) is 11.6. The lowest BCUT2D eigenvalue weighted by Gasteiger charge is -2.20. The quantitative estimate of drug-likeness (QED) is 0.841. The minimum Gasteiger partial charge on any atom is -0.326 e.